The summed E-state index contributed by atoms with van der Waals surface area (Å²) < 4.78 is 32.3. The number of hydrogen-bond donors (Lipinski definition) is 1. The van der Waals surface area contributed by atoms with Crippen molar-refractivity contribution >= 4 is 33.2 Å². The van der Waals surface area contributed by atoms with Gasteiger partial charge in [0.2, 0.25) is 10.0 Å². The van der Waals surface area contributed by atoms with Crippen molar-refractivity contribution in [3.05, 3.63) is 88.4 Å². The molecule has 8 heteroatoms. The van der Waals surface area contributed by atoms with Crippen molar-refractivity contribution in [1.29, 1.82) is 0 Å². The van der Waals surface area contributed by atoms with Crippen molar-refractivity contribution in [2.75, 3.05) is 19.5 Å². The van der Waals surface area contributed by atoms with Gasteiger partial charge in [0.1, 0.15) is 5.75 Å². The van der Waals surface area contributed by atoms with Gasteiger partial charge >= 0.3 is 0 Å². The molecule has 0 unspecified atom stereocenters. The minimum absolute atomic E-state index is 0.0431. The minimum atomic E-state index is -3.69. The number of ether oxygens (including phenoxy) is 1. The standard InChI is InChI=1S/C23H23ClN2O4S/c1-16-13-19(24)10-11-21(16)25-23(27)17-9-12-22(30-3)18(14-17)15-26(2)31(28,29)20-7-5-4-6-8-20/h4-14H,15H2,1-3H3,(H,25,27). The molecule has 162 valence electrons. The minimum Gasteiger partial charge on any atom is -0.496 e. The van der Waals surface area contributed by atoms with E-state index in [1.165, 1.54) is 18.5 Å². The van der Waals surface area contributed by atoms with E-state index in [1.54, 1.807) is 66.7 Å². The number of carbonyl (C=O) groups excluding carboxylic acids is 1. The van der Waals surface area contributed by atoms with Gasteiger partial charge < -0.3 is 10.1 Å². The number of hydrogen-bond acceptors (Lipinski definition) is 4. The van der Waals surface area contributed by atoms with E-state index in [2.05, 4.69) is 5.32 Å². The highest BCUT2D eigenvalue weighted by molar-refractivity contribution is 7.89. The molecule has 0 aromatic heterocycles. The lowest BCUT2D eigenvalue weighted by Crippen LogP contribution is -2.27. The van der Waals surface area contributed by atoms with E-state index in [0.29, 0.717) is 27.6 Å². The second-order valence-corrected chi connectivity index (χ2v) is 9.50. The number of benzene rings is 3. The maximum atomic E-state index is 12.9. The van der Waals surface area contributed by atoms with Crippen molar-refractivity contribution in [2.24, 2.45) is 0 Å². The van der Waals surface area contributed by atoms with Crippen LogP contribution in [0.2, 0.25) is 5.02 Å². The molecule has 31 heavy (non-hydrogen) atoms. The van der Waals surface area contributed by atoms with Crippen molar-refractivity contribution in [1.82, 2.24) is 4.31 Å². The summed E-state index contributed by atoms with van der Waals surface area (Å²) in [4.78, 5) is 13.0. The molecule has 0 aliphatic carbocycles. The molecule has 1 N–H and O–H groups in total. The van der Waals surface area contributed by atoms with Crippen molar-refractivity contribution < 1.29 is 17.9 Å². The Kier molecular flexibility index (Phi) is 7.00. The number of halogens is 1. The van der Waals surface area contributed by atoms with Gasteiger partial charge in [-0.2, -0.15) is 4.31 Å². The Hall–Kier alpha value is -2.87. The summed E-state index contributed by atoms with van der Waals surface area (Å²) in [5.74, 6) is 0.178. The van der Waals surface area contributed by atoms with E-state index in [-0.39, 0.29) is 17.3 Å². The molecule has 0 aliphatic heterocycles. The second-order valence-electron chi connectivity index (χ2n) is 7.01. The van der Waals surface area contributed by atoms with Gasteiger partial charge in [-0.05, 0) is 61.0 Å². The summed E-state index contributed by atoms with van der Waals surface area (Å²) in [7, 11) is -0.696. The first-order chi connectivity index (χ1) is 14.7. The summed E-state index contributed by atoms with van der Waals surface area (Å²) in [6.45, 7) is 1.89. The Balaban J connectivity index is 1.86. The van der Waals surface area contributed by atoms with E-state index in [1.807, 2.05) is 6.92 Å². The van der Waals surface area contributed by atoms with Crippen LogP contribution in [0.1, 0.15) is 21.5 Å². The third-order valence-corrected chi connectivity index (χ3v) is 6.88. The Labute approximate surface area is 187 Å². The Morgan fingerprint density at radius 2 is 1.77 bits per heavy atom. The first-order valence-corrected chi connectivity index (χ1v) is 11.3. The molecule has 0 fully saturated rings. The summed E-state index contributed by atoms with van der Waals surface area (Å²) in [6, 6.07) is 18.3. The van der Waals surface area contributed by atoms with Crippen LogP contribution in [0, 0.1) is 6.92 Å². The van der Waals surface area contributed by atoms with E-state index in [9.17, 15) is 13.2 Å². The zero-order chi connectivity index (χ0) is 22.6. The number of aryl methyl sites for hydroxylation is 1. The number of methoxy groups -OCH3 is 1. The zero-order valence-corrected chi connectivity index (χ0v) is 19.0. The zero-order valence-electron chi connectivity index (χ0n) is 17.4. The van der Waals surface area contributed by atoms with Crippen molar-refractivity contribution in [3.63, 3.8) is 0 Å². The van der Waals surface area contributed by atoms with Crippen molar-refractivity contribution in [3.8, 4) is 5.75 Å². The fraction of sp³-hybridized carbons (Fsp3) is 0.174. The lowest BCUT2D eigenvalue weighted by molar-refractivity contribution is 0.102. The molecule has 0 heterocycles. The summed E-state index contributed by atoms with van der Waals surface area (Å²) in [5, 5.41) is 3.45. The maximum Gasteiger partial charge on any atom is 0.255 e. The van der Waals surface area contributed by atoms with Crippen LogP contribution in [0.4, 0.5) is 5.69 Å². The second kappa shape index (κ2) is 9.51. The molecule has 3 aromatic rings. The topological polar surface area (TPSA) is 75.7 Å². The molecule has 0 radical (unpaired) electrons. The highest BCUT2D eigenvalue weighted by Crippen LogP contribution is 2.25. The predicted octanol–water partition coefficient (Wildman–Crippen LogP) is 4.73. The largest absolute Gasteiger partial charge is 0.496 e. The molecule has 1 amide bonds. The molecular formula is C23H23ClN2O4S. The third-order valence-electron chi connectivity index (χ3n) is 4.82. The smallest absolute Gasteiger partial charge is 0.255 e. The summed E-state index contributed by atoms with van der Waals surface area (Å²) in [5.41, 5.74) is 2.44. The van der Waals surface area contributed by atoms with Gasteiger partial charge in [-0.1, -0.05) is 29.8 Å². The van der Waals surface area contributed by atoms with Gasteiger partial charge in [-0.15, -0.1) is 0 Å². The fourth-order valence-electron chi connectivity index (χ4n) is 3.10. The van der Waals surface area contributed by atoms with E-state index < -0.39 is 10.0 Å². The molecule has 0 spiro atoms. The van der Waals surface area contributed by atoms with Crippen LogP contribution >= 0.6 is 11.6 Å². The van der Waals surface area contributed by atoms with Crippen LogP contribution in [-0.2, 0) is 16.6 Å². The van der Waals surface area contributed by atoms with Crippen LogP contribution in [0.5, 0.6) is 5.75 Å². The van der Waals surface area contributed by atoms with Crippen LogP contribution in [0.25, 0.3) is 0 Å². The Morgan fingerprint density at radius 3 is 2.42 bits per heavy atom. The molecule has 0 bridgehead atoms. The normalized spacial score (nSPS) is 11.4. The van der Waals surface area contributed by atoms with Crippen LogP contribution in [-0.4, -0.2) is 32.8 Å². The van der Waals surface area contributed by atoms with Gasteiger partial charge in [0.15, 0.2) is 0 Å². The molecule has 0 atom stereocenters. The first-order valence-electron chi connectivity index (χ1n) is 9.48. The SMILES string of the molecule is COc1ccc(C(=O)Nc2ccc(Cl)cc2C)cc1CN(C)S(=O)(=O)c1ccccc1. The van der Waals surface area contributed by atoms with Gasteiger partial charge in [0.25, 0.3) is 5.91 Å². The maximum absolute atomic E-state index is 12.9. The van der Waals surface area contributed by atoms with Gasteiger partial charge in [0.05, 0.1) is 12.0 Å². The molecule has 3 rings (SSSR count). The van der Waals surface area contributed by atoms with Gasteiger partial charge in [-0.3, -0.25) is 4.79 Å². The highest BCUT2D eigenvalue weighted by atomic mass is 35.5. The van der Waals surface area contributed by atoms with Crippen LogP contribution < -0.4 is 10.1 Å². The molecule has 0 saturated carbocycles. The Morgan fingerprint density at radius 1 is 1.06 bits per heavy atom. The van der Waals surface area contributed by atoms with Gasteiger partial charge in [-0.25, -0.2) is 8.42 Å². The average molecular weight is 459 g/mol. The summed E-state index contributed by atoms with van der Waals surface area (Å²) in [6.07, 6.45) is 0. The molecule has 6 nitrogen and oxygen atoms in total. The van der Waals surface area contributed by atoms with Crippen LogP contribution in [0.3, 0.4) is 0 Å². The fourth-order valence-corrected chi connectivity index (χ4v) is 4.50. The number of amides is 1. The number of anilines is 1. The van der Waals surface area contributed by atoms with E-state index >= 15 is 0 Å². The predicted molar refractivity (Wildman–Crippen MR) is 122 cm³/mol. The van der Waals surface area contributed by atoms with Crippen LogP contribution in [0.15, 0.2) is 71.6 Å². The van der Waals surface area contributed by atoms with Crippen molar-refractivity contribution in [2.45, 2.75) is 18.4 Å². The summed E-state index contributed by atoms with van der Waals surface area (Å²) >= 11 is 5.97. The number of nitrogens with one attached hydrogen (secondary N) is 1. The number of sulfonamides is 1. The Bertz CT molecular complexity index is 1200. The first kappa shape index (κ1) is 22.8. The average Bonchev–Trinajstić information content (AvgIpc) is 2.76. The lowest BCUT2D eigenvalue weighted by atomic mass is 10.1. The van der Waals surface area contributed by atoms with E-state index in [4.69, 9.17) is 16.3 Å². The monoisotopic (exact) mass is 458 g/mol. The lowest BCUT2D eigenvalue weighted by Gasteiger charge is -2.19. The molecule has 0 aliphatic rings. The van der Waals surface area contributed by atoms with Gasteiger partial charge in [0, 0.05) is 35.4 Å². The number of rotatable bonds is 7. The number of carbonyl (C=O) groups is 1. The highest BCUT2D eigenvalue weighted by Gasteiger charge is 2.22. The quantitative estimate of drug-likeness (QED) is 0.555. The molecule has 0 saturated heterocycles. The number of nitrogens with zero attached hydrogens (tertiary/aromatic N) is 1. The van der Waals surface area contributed by atoms with E-state index in [0.717, 1.165) is 5.56 Å². The molecule has 3 aromatic carbocycles. The molecular weight excluding hydrogens is 436 g/mol. The third kappa shape index (κ3) is 5.25.